The highest BCUT2D eigenvalue weighted by atomic mass is 35.5. The van der Waals surface area contributed by atoms with Gasteiger partial charge in [-0.15, -0.1) is 0 Å². The number of carboxylic acid groups (broad SMARTS) is 1. The Hall–Kier alpha value is -2.15. The van der Waals surface area contributed by atoms with E-state index in [9.17, 15) is 14.4 Å². The van der Waals surface area contributed by atoms with Gasteiger partial charge in [-0.2, -0.15) is 0 Å². The van der Waals surface area contributed by atoms with Gasteiger partial charge in [0.05, 0.1) is 17.1 Å². The third kappa shape index (κ3) is 2.57. The van der Waals surface area contributed by atoms with Gasteiger partial charge in [-0.1, -0.05) is 18.5 Å². The quantitative estimate of drug-likeness (QED) is 0.796. The zero-order valence-electron chi connectivity index (χ0n) is 10.6. The molecule has 2 amide bonds. The Balaban J connectivity index is 2.42. The maximum atomic E-state index is 11.8. The number of anilines is 1. The Morgan fingerprint density at radius 2 is 2.30 bits per heavy atom. The summed E-state index contributed by atoms with van der Waals surface area (Å²) in [5, 5.41) is 11.3. The molecule has 8 heteroatoms. The van der Waals surface area contributed by atoms with Gasteiger partial charge in [0.15, 0.2) is 0 Å². The summed E-state index contributed by atoms with van der Waals surface area (Å²) in [4.78, 5) is 39.8. The van der Waals surface area contributed by atoms with Crippen LogP contribution in [0.1, 0.15) is 23.7 Å². The molecule has 0 aliphatic carbocycles. The van der Waals surface area contributed by atoms with Crippen LogP contribution in [0.25, 0.3) is 0 Å². The second-order valence-electron chi connectivity index (χ2n) is 4.29. The second-order valence-corrected chi connectivity index (χ2v) is 4.70. The number of halogens is 1. The van der Waals surface area contributed by atoms with E-state index in [1.54, 1.807) is 6.92 Å². The van der Waals surface area contributed by atoms with Crippen LogP contribution in [0.4, 0.5) is 5.82 Å². The normalized spacial score (nSPS) is 18.9. The van der Waals surface area contributed by atoms with E-state index < -0.39 is 23.8 Å². The van der Waals surface area contributed by atoms with Gasteiger partial charge in [-0.25, -0.2) is 9.78 Å². The van der Waals surface area contributed by atoms with Crippen LogP contribution in [-0.2, 0) is 9.59 Å². The Kier molecular flexibility index (Phi) is 3.89. The highest BCUT2D eigenvalue weighted by Gasteiger charge is 2.33. The lowest BCUT2D eigenvalue weighted by molar-refractivity contribution is -0.132. The summed E-state index contributed by atoms with van der Waals surface area (Å²) in [6, 6.07) is 0.696. The molecule has 1 atom stereocenters. The number of carboxylic acids is 1. The zero-order valence-corrected chi connectivity index (χ0v) is 11.3. The molecular formula is C12H12ClN3O4. The van der Waals surface area contributed by atoms with E-state index >= 15 is 0 Å². The molecular weight excluding hydrogens is 286 g/mol. The van der Waals surface area contributed by atoms with Crippen LogP contribution in [-0.4, -0.2) is 40.5 Å². The van der Waals surface area contributed by atoms with Crippen molar-refractivity contribution >= 4 is 35.2 Å². The number of aromatic nitrogens is 1. The molecule has 0 saturated carbocycles. The van der Waals surface area contributed by atoms with Crippen LogP contribution < -0.4 is 10.2 Å². The summed E-state index contributed by atoms with van der Waals surface area (Å²) in [5.41, 5.74) is -0.120. The summed E-state index contributed by atoms with van der Waals surface area (Å²) >= 11 is 5.75. The van der Waals surface area contributed by atoms with Crippen LogP contribution in [0.5, 0.6) is 0 Å². The molecule has 1 aliphatic heterocycles. The fourth-order valence-corrected chi connectivity index (χ4v) is 2.25. The number of piperazine rings is 1. The number of pyridine rings is 1. The summed E-state index contributed by atoms with van der Waals surface area (Å²) in [7, 11) is 0. The highest BCUT2D eigenvalue weighted by molar-refractivity contribution is 6.33. The first-order valence-electron chi connectivity index (χ1n) is 5.93. The van der Waals surface area contributed by atoms with Crippen LogP contribution >= 0.6 is 11.6 Å². The van der Waals surface area contributed by atoms with Gasteiger partial charge in [0.25, 0.3) is 0 Å². The summed E-state index contributed by atoms with van der Waals surface area (Å²) in [6.07, 6.45) is 1.66. The first-order chi connectivity index (χ1) is 9.43. The van der Waals surface area contributed by atoms with E-state index in [4.69, 9.17) is 16.7 Å². The number of hydrogen-bond acceptors (Lipinski definition) is 5. The molecule has 2 heterocycles. The topological polar surface area (TPSA) is 99.6 Å². The van der Waals surface area contributed by atoms with Gasteiger partial charge >= 0.3 is 5.97 Å². The van der Waals surface area contributed by atoms with E-state index in [0.29, 0.717) is 6.42 Å². The van der Waals surface area contributed by atoms with Crippen molar-refractivity contribution in [2.24, 2.45) is 0 Å². The Morgan fingerprint density at radius 1 is 1.60 bits per heavy atom. The lowest BCUT2D eigenvalue weighted by atomic mass is 10.1. The first-order valence-corrected chi connectivity index (χ1v) is 6.31. The number of aromatic carboxylic acids is 1. The fraction of sp³-hybridized carbons (Fsp3) is 0.333. The number of amides is 2. The third-order valence-corrected chi connectivity index (χ3v) is 3.31. The van der Waals surface area contributed by atoms with Gasteiger partial charge in [-0.05, 0) is 12.5 Å². The predicted octanol–water partition coefficient (Wildman–Crippen LogP) is 0.675. The monoisotopic (exact) mass is 297 g/mol. The minimum Gasteiger partial charge on any atom is -0.478 e. The van der Waals surface area contributed by atoms with E-state index in [-0.39, 0.29) is 22.9 Å². The van der Waals surface area contributed by atoms with E-state index in [0.717, 1.165) is 0 Å². The molecule has 2 N–H and O–H groups in total. The van der Waals surface area contributed by atoms with Crippen molar-refractivity contribution in [1.82, 2.24) is 10.3 Å². The lowest BCUT2D eigenvalue weighted by Crippen LogP contribution is -2.58. The molecule has 1 saturated heterocycles. The van der Waals surface area contributed by atoms with Gasteiger partial charge < -0.3 is 10.0 Å². The second kappa shape index (κ2) is 5.46. The van der Waals surface area contributed by atoms with Gasteiger partial charge in [0.1, 0.15) is 11.9 Å². The number of hydrogen-bond donors (Lipinski definition) is 2. The smallest absolute Gasteiger partial charge is 0.337 e. The molecule has 0 radical (unpaired) electrons. The zero-order chi connectivity index (χ0) is 14.9. The molecule has 0 bridgehead atoms. The van der Waals surface area contributed by atoms with Crippen LogP contribution in [0.3, 0.4) is 0 Å². The third-order valence-electron chi connectivity index (χ3n) is 3.01. The van der Waals surface area contributed by atoms with Crippen molar-refractivity contribution < 1.29 is 19.5 Å². The lowest BCUT2D eigenvalue weighted by Gasteiger charge is -2.34. The van der Waals surface area contributed by atoms with Crippen LogP contribution in [0.2, 0.25) is 5.02 Å². The van der Waals surface area contributed by atoms with Crippen LogP contribution in [0.15, 0.2) is 12.3 Å². The van der Waals surface area contributed by atoms with Crippen molar-refractivity contribution in [2.75, 3.05) is 11.4 Å². The molecule has 20 heavy (non-hydrogen) atoms. The molecule has 1 aromatic heterocycles. The Morgan fingerprint density at radius 3 is 2.90 bits per heavy atom. The molecule has 1 aromatic rings. The van der Waals surface area contributed by atoms with Gasteiger partial charge in [0, 0.05) is 6.20 Å². The van der Waals surface area contributed by atoms with Gasteiger partial charge in [-0.3, -0.25) is 14.9 Å². The maximum Gasteiger partial charge on any atom is 0.337 e. The van der Waals surface area contributed by atoms with Crippen molar-refractivity contribution in [3.63, 3.8) is 0 Å². The van der Waals surface area contributed by atoms with Crippen LogP contribution in [0, 0.1) is 0 Å². The van der Waals surface area contributed by atoms with Gasteiger partial charge in [0.2, 0.25) is 11.8 Å². The number of imide groups is 1. The minimum absolute atomic E-state index is 0.00193. The largest absolute Gasteiger partial charge is 0.478 e. The molecule has 0 aromatic carbocycles. The highest BCUT2D eigenvalue weighted by Crippen LogP contribution is 2.23. The maximum absolute atomic E-state index is 11.8. The number of carbonyl (C=O) groups excluding carboxylic acids is 2. The number of nitrogens with one attached hydrogen (secondary N) is 1. The Bertz CT molecular complexity index is 590. The number of carbonyl (C=O) groups is 3. The SMILES string of the molecule is CCC1C(=O)NC(=O)CN1c1cc(C(=O)O)c(Cl)cn1. The summed E-state index contributed by atoms with van der Waals surface area (Å²) in [5.74, 6) is -1.83. The summed E-state index contributed by atoms with van der Waals surface area (Å²) < 4.78 is 0. The summed E-state index contributed by atoms with van der Waals surface area (Å²) in [6.45, 7) is 1.74. The average molecular weight is 298 g/mol. The molecule has 2 rings (SSSR count). The molecule has 1 fully saturated rings. The standard InChI is InChI=1S/C12H12ClN3O4/c1-2-8-11(18)15-10(17)5-16(8)9-3-6(12(19)20)7(13)4-14-9/h3-4,8H,2,5H2,1H3,(H,19,20)(H,15,17,18). The van der Waals surface area contributed by atoms with E-state index in [2.05, 4.69) is 10.3 Å². The van der Waals surface area contributed by atoms with Crippen molar-refractivity contribution in [3.05, 3.63) is 22.8 Å². The minimum atomic E-state index is -1.19. The predicted molar refractivity (Wildman–Crippen MR) is 70.8 cm³/mol. The van der Waals surface area contributed by atoms with Crippen molar-refractivity contribution in [2.45, 2.75) is 19.4 Å². The number of rotatable bonds is 3. The average Bonchev–Trinajstić information content (AvgIpc) is 2.38. The number of nitrogens with zero attached hydrogens (tertiary/aromatic N) is 2. The first kappa shape index (κ1) is 14.3. The molecule has 1 unspecified atom stereocenters. The molecule has 1 aliphatic rings. The van der Waals surface area contributed by atoms with Crippen molar-refractivity contribution in [1.29, 1.82) is 0 Å². The van der Waals surface area contributed by atoms with E-state index in [1.165, 1.54) is 17.2 Å². The van der Waals surface area contributed by atoms with Crippen molar-refractivity contribution in [3.8, 4) is 0 Å². The molecule has 106 valence electrons. The molecule has 0 spiro atoms. The molecule has 7 nitrogen and oxygen atoms in total. The fourth-order valence-electron chi connectivity index (χ4n) is 2.06. The Labute approximate surface area is 119 Å². The van der Waals surface area contributed by atoms with E-state index in [1.807, 2.05) is 0 Å².